The normalized spacial score (nSPS) is 20.9. The molecule has 2 N–H and O–H groups in total. The molecule has 10 nitrogen and oxygen atoms in total. The molecule has 1 aromatic carbocycles. The first kappa shape index (κ1) is 37.7. The van der Waals surface area contributed by atoms with Crippen LogP contribution in [0.2, 0.25) is 0 Å². The smallest absolute Gasteiger partial charge is 0.408 e. The monoisotopic (exact) mass is 745 g/mol. The Hall–Kier alpha value is -4.65. The summed E-state index contributed by atoms with van der Waals surface area (Å²) in [7, 11) is 0. The highest BCUT2D eigenvalue weighted by atomic mass is 19.3. The van der Waals surface area contributed by atoms with Crippen molar-refractivity contribution in [3.8, 4) is 0 Å². The average molecular weight is 746 g/mol. The van der Waals surface area contributed by atoms with Crippen LogP contribution in [0.1, 0.15) is 87.5 Å². The van der Waals surface area contributed by atoms with Crippen LogP contribution >= 0.6 is 0 Å². The largest absolute Gasteiger partial charge is 0.444 e. The van der Waals surface area contributed by atoms with Crippen molar-refractivity contribution in [3.63, 3.8) is 0 Å². The topological polar surface area (TPSA) is 105 Å². The number of halogens is 3. The van der Waals surface area contributed by atoms with Crippen molar-refractivity contribution < 1.29 is 22.7 Å². The molecule has 3 fully saturated rings. The van der Waals surface area contributed by atoms with Crippen LogP contribution in [0.25, 0.3) is 10.9 Å². The lowest BCUT2D eigenvalue weighted by atomic mass is 9.86. The number of anilines is 2. The van der Waals surface area contributed by atoms with Gasteiger partial charge in [-0.05, 0) is 115 Å². The van der Waals surface area contributed by atoms with Crippen LogP contribution in [0.4, 0.5) is 29.3 Å². The van der Waals surface area contributed by atoms with Gasteiger partial charge in [-0.1, -0.05) is 0 Å². The number of carbonyl (C=O) groups excluding carboxylic acids is 1. The Labute approximate surface area is 314 Å². The standard InChI is InChI=1S/C41H50F3N7O3/c1-25-8-9-31(21-46-25)49-15-6-7-28(22-49)37(27-12-14-45-26(2)17-27)47-20-29-23-51(30-10-11-30)34-19-35(33(42)18-32(34)38(29)52)50-16-13-36(41(43,44)24-50)48-39(53)54-40(3,4)5/h8-9,12,14,17-19,21,23,28,30,36-37,47H,6-7,10-11,13,15-16,20,22,24H2,1-5H3,(H,48,53)/t28-,36+,37-/m0/s1. The number of alkyl carbamates (subject to hydrolysis) is 1. The summed E-state index contributed by atoms with van der Waals surface area (Å²) >= 11 is 0. The molecule has 2 saturated heterocycles. The van der Waals surface area contributed by atoms with E-state index in [0.717, 1.165) is 61.4 Å². The number of rotatable bonds is 9. The summed E-state index contributed by atoms with van der Waals surface area (Å²) in [4.78, 5) is 39.0. The second-order valence-electron chi connectivity index (χ2n) is 16.2. The van der Waals surface area contributed by atoms with E-state index in [0.29, 0.717) is 11.1 Å². The van der Waals surface area contributed by atoms with Crippen LogP contribution in [-0.4, -0.2) is 64.4 Å². The molecular formula is C41H50F3N7O3. The van der Waals surface area contributed by atoms with E-state index >= 15 is 13.2 Å². The van der Waals surface area contributed by atoms with E-state index < -0.39 is 36.0 Å². The summed E-state index contributed by atoms with van der Waals surface area (Å²) in [6, 6.07) is 9.59. The number of piperidine rings is 2. The van der Waals surface area contributed by atoms with Gasteiger partial charge in [0.1, 0.15) is 11.4 Å². The SMILES string of the molecule is Cc1ccc(N2CCC[C@H]([C@@H](NCc3cn(C4CC4)c4cc(N5CC[C@@H](NC(=O)OC(C)(C)C)C(F)(F)C5)c(F)cc4c3=O)c3ccnc(C)c3)C2)cn1. The summed E-state index contributed by atoms with van der Waals surface area (Å²) in [5.41, 5.74) is 3.99. The number of fused-ring (bicyclic) bond motifs is 1. The number of alkyl halides is 2. The third-order valence-electron chi connectivity index (χ3n) is 10.7. The minimum Gasteiger partial charge on any atom is -0.444 e. The number of ether oxygens (including phenoxy) is 1. The van der Waals surface area contributed by atoms with Crippen molar-refractivity contribution in [3.05, 3.63) is 93.5 Å². The van der Waals surface area contributed by atoms with Gasteiger partial charge >= 0.3 is 6.09 Å². The molecule has 1 saturated carbocycles. The fraction of sp³-hybridized carbons (Fsp3) is 0.512. The molecule has 3 aliphatic rings. The minimum absolute atomic E-state index is 0.0105. The molecule has 5 heterocycles. The Morgan fingerprint density at radius 2 is 1.81 bits per heavy atom. The number of carbonyl (C=O) groups is 1. The number of nitrogens with zero attached hydrogens (tertiary/aromatic N) is 5. The number of aryl methyl sites for hydroxylation is 2. The van der Waals surface area contributed by atoms with Gasteiger partial charge in [-0.2, -0.15) is 0 Å². The van der Waals surface area contributed by atoms with Crippen LogP contribution in [0.5, 0.6) is 0 Å². The molecule has 1 aliphatic carbocycles. The van der Waals surface area contributed by atoms with E-state index in [2.05, 4.69) is 37.6 Å². The molecule has 288 valence electrons. The lowest BCUT2D eigenvalue weighted by Crippen LogP contribution is -2.59. The second kappa shape index (κ2) is 14.9. The average Bonchev–Trinajstić information content (AvgIpc) is 3.95. The molecular weight excluding hydrogens is 695 g/mol. The van der Waals surface area contributed by atoms with Crippen molar-refractivity contribution in [1.82, 2.24) is 25.2 Å². The van der Waals surface area contributed by atoms with Crippen molar-refractivity contribution in [2.75, 3.05) is 36.0 Å². The van der Waals surface area contributed by atoms with E-state index in [-0.39, 0.29) is 54.0 Å². The summed E-state index contributed by atoms with van der Waals surface area (Å²) < 4.78 is 54.0. The maximum Gasteiger partial charge on any atom is 0.408 e. The zero-order valence-electron chi connectivity index (χ0n) is 31.7. The molecule has 2 aliphatic heterocycles. The summed E-state index contributed by atoms with van der Waals surface area (Å²) in [5.74, 6) is -3.85. The van der Waals surface area contributed by atoms with Gasteiger partial charge in [0.2, 0.25) is 0 Å². The third kappa shape index (κ3) is 8.35. The van der Waals surface area contributed by atoms with Gasteiger partial charge in [0, 0.05) is 73.0 Å². The Kier molecular flexibility index (Phi) is 10.4. The van der Waals surface area contributed by atoms with Crippen LogP contribution in [0, 0.1) is 25.6 Å². The number of nitrogens with one attached hydrogen (secondary N) is 2. The number of benzene rings is 1. The third-order valence-corrected chi connectivity index (χ3v) is 10.7. The van der Waals surface area contributed by atoms with Crippen molar-refractivity contribution in [2.24, 2.45) is 5.92 Å². The Morgan fingerprint density at radius 1 is 1.02 bits per heavy atom. The van der Waals surface area contributed by atoms with E-state index in [1.165, 1.54) is 11.0 Å². The summed E-state index contributed by atoms with van der Waals surface area (Å²) in [6.07, 6.45) is 8.40. The first-order chi connectivity index (χ1) is 25.6. The number of hydrogen-bond donors (Lipinski definition) is 2. The zero-order valence-corrected chi connectivity index (χ0v) is 31.7. The van der Waals surface area contributed by atoms with Crippen LogP contribution < -0.4 is 25.9 Å². The highest BCUT2D eigenvalue weighted by Crippen LogP contribution is 2.40. The lowest BCUT2D eigenvalue weighted by molar-refractivity contribution is -0.0459. The first-order valence-electron chi connectivity index (χ1n) is 19.0. The first-order valence-corrected chi connectivity index (χ1v) is 19.0. The predicted molar refractivity (Wildman–Crippen MR) is 204 cm³/mol. The maximum atomic E-state index is 16.0. The number of aromatic nitrogens is 3. The Balaban J connectivity index is 1.14. The molecule has 3 aromatic heterocycles. The molecule has 7 rings (SSSR count). The van der Waals surface area contributed by atoms with Crippen molar-refractivity contribution in [2.45, 2.75) is 103 Å². The lowest BCUT2D eigenvalue weighted by Gasteiger charge is -2.40. The molecule has 3 atom stereocenters. The summed E-state index contributed by atoms with van der Waals surface area (Å²) in [6.45, 7) is 10.2. The summed E-state index contributed by atoms with van der Waals surface area (Å²) in [5, 5.41) is 6.26. The highest BCUT2D eigenvalue weighted by molar-refractivity contribution is 5.84. The minimum atomic E-state index is -3.35. The van der Waals surface area contributed by atoms with Gasteiger partial charge < -0.3 is 29.7 Å². The van der Waals surface area contributed by atoms with Crippen LogP contribution in [0.15, 0.2) is 59.8 Å². The quantitative estimate of drug-likeness (QED) is 0.183. The predicted octanol–water partition coefficient (Wildman–Crippen LogP) is 7.37. The fourth-order valence-electron chi connectivity index (χ4n) is 7.91. The Bertz CT molecular complexity index is 2060. The number of amides is 1. The maximum absolute atomic E-state index is 16.0. The molecule has 1 amide bonds. The van der Waals surface area contributed by atoms with Gasteiger partial charge in [0.15, 0.2) is 5.43 Å². The van der Waals surface area contributed by atoms with Crippen LogP contribution in [0.3, 0.4) is 0 Å². The van der Waals surface area contributed by atoms with Crippen molar-refractivity contribution in [1.29, 1.82) is 0 Å². The van der Waals surface area contributed by atoms with Crippen LogP contribution in [-0.2, 0) is 11.3 Å². The zero-order chi connectivity index (χ0) is 38.4. The van der Waals surface area contributed by atoms with Gasteiger partial charge in [0.05, 0.1) is 35.7 Å². The van der Waals surface area contributed by atoms with Gasteiger partial charge in [-0.25, -0.2) is 18.0 Å². The fourth-order valence-corrected chi connectivity index (χ4v) is 7.91. The second-order valence-corrected chi connectivity index (χ2v) is 16.2. The van der Waals surface area contributed by atoms with E-state index in [4.69, 9.17) is 4.74 Å². The molecule has 0 radical (unpaired) electrons. The molecule has 0 unspecified atom stereocenters. The number of pyridine rings is 3. The van der Waals surface area contributed by atoms with E-state index in [9.17, 15) is 9.59 Å². The molecule has 54 heavy (non-hydrogen) atoms. The van der Waals surface area contributed by atoms with Crippen molar-refractivity contribution >= 4 is 28.4 Å². The van der Waals surface area contributed by atoms with Gasteiger partial charge in [-0.3, -0.25) is 14.8 Å². The molecule has 0 bridgehead atoms. The molecule has 0 spiro atoms. The number of hydrogen-bond acceptors (Lipinski definition) is 8. The van der Waals surface area contributed by atoms with E-state index in [1.54, 1.807) is 26.8 Å². The molecule has 4 aromatic rings. The Morgan fingerprint density at radius 3 is 2.50 bits per heavy atom. The van der Waals surface area contributed by atoms with Gasteiger partial charge in [0.25, 0.3) is 5.92 Å². The van der Waals surface area contributed by atoms with E-state index in [1.807, 2.05) is 49.1 Å². The molecule has 13 heteroatoms. The highest BCUT2D eigenvalue weighted by Gasteiger charge is 2.46. The van der Waals surface area contributed by atoms with Gasteiger partial charge in [-0.15, -0.1) is 0 Å².